The van der Waals surface area contributed by atoms with Crippen LogP contribution in [0.2, 0.25) is 5.02 Å². The normalized spacial score (nSPS) is 9.56. The van der Waals surface area contributed by atoms with Gasteiger partial charge in [0, 0.05) is 17.2 Å². The van der Waals surface area contributed by atoms with E-state index in [1.807, 2.05) is 19.1 Å². The van der Waals surface area contributed by atoms with Gasteiger partial charge in [0.15, 0.2) is 0 Å². The molecule has 0 fully saturated rings. The van der Waals surface area contributed by atoms with E-state index in [0.717, 1.165) is 11.1 Å². The summed E-state index contributed by atoms with van der Waals surface area (Å²) in [7, 11) is 0. The summed E-state index contributed by atoms with van der Waals surface area (Å²) in [6.07, 6.45) is 0. The quantitative estimate of drug-likeness (QED) is 0.773. The van der Waals surface area contributed by atoms with Gasteiger partial charge in [-0.15, -0.1) is 0 Å². The average Bonchev–Trinajstić information content (AvgIpc) is 2.38. The molecule has 0 unspecified atom stereocenters. The zero-order valence-corrected chi connectivity index (χ0v) is 10.4. The molecular weight excluding hydrogens is 244 g/mol. The summed E-state index contributed by atoms with van der Waals surface area (Å²) < 4.78 is 0. The zero-order chi connectivity index (χ0) is 13.1. The van der Waals surface area contributed by atoms with Crippen LogP contribution >= 0.6 is 11.6 Å². The number of nitriles is 2. The lowest BCUT2D eigenvalue weighted by Gasteiger charge is -2.08. The van der Waals surface area contributed by atoms with Crippen LogP contribution in [0.25, 0.3) is 11.1 Å². The summed E-state index contributed by atoms with van der Waals surface area (Å²) in [5.41, 5.74) is 3.30. The smallest absolute Gasteiger partial charge is 0.101 e. The van der Waals surface area contributed by atoms with Gasteiger partial charge in [-0.05, 0) is 13.0 Å². The number of aryl methyl sites for hydroxylation is 1. The van der Waals surface area contributed by atoms with E-state index in [2.05, 4.69) is 18.2 Å². The minimum absolute atomic E-state index is 0.278. The SMILES string of the molecule is Cc1ccc(C#N)c(-c2cc[c]c(Cl)c2C#N)c1. The Bertz CT molecular complexity index is 691. The molecule has 0 aliphatic carbocycles. The molecule has 0 atom stereocenters. The van der Waals surface area contributed by atoms with E-state index in [1.54, 1.807) is 18.2 Å². The van der Waals surface area contributed by atoms with Crippen LogP contribution in [0, 0.1) is 35.7 Å². The molecule has 18 heavy (non-hydrogen) atoms. The lowest BCUT2D eigenvalue weighted by Crippen LogP contribution is -1.90. The zero-order valence-electron chi connectivity index (χ0n) is 9.66. The summed E-state index contributed by atoms with van der Waals surface area (Å²) in [4.78, 5) is 0. The Morgan fingerprint density at radius 3 is 2.56 bits per heavy atom. The number of benzene rings is 2. The minimum atomic E-state index is 0.278. The van der Waals surface area contributed by atoms with Crippen molar-refractivity contribution in [2.75, 3.05) is 0 Å². The number of halogens is 1. The summed E-state index contributed by atoms with van der Waals surface area (Å²) >= 11 is 5.95. The van der Waals surface area contributed by atoms with Crippen LogP contribution in [-0.2, 0) is 0 Å². The number of rotatable bonds is 1. The summed E-state index contributed by atoms with van der Waals surface area (Å²) in [5.74, 6) is 0. The molecule has 0 heterocycles. The van der Waals surface area contributed by atoms with E-state index < -0.39 is 0 Å². The fourth-order valence-corrected chi connectivity index (χ4v) is 1.99. The van der Waals surface area contributed by atoms with Crippen LogP contribution in [0.3, 0.4) is 0 Å². The van der Waals surface area contributed by atoms with Crippen molar-refractivity contribution < 1.29 is 0 Å². The van der Waals surface area contributed by atoms with Gasteiger partial charge in [0.25, 0.3) is 0 Å². The third-order valence-electron chi connectivity index (χ3n) is 2.65. The third-order valence-corrected chi connectivity index (χ3v) is 2.94. The van der Waals surface area contributed by atoms with Crippen LogP contribution in [0.1, 0.15) is 16.7 Å². The Morgan fingerprint density at radius 2 is 1.89 bits per heavy atom. The molecule has 0 N–H and O–H groups in total. The molecule has 0 aliphatic heterocycles. The monoisotopic (exact) mass is 251 g/mol. The highest BCUT2D eigenvalue weighted by molar-refractivity contribution is 6.32. The maximum Gasteiger partial charge on any atom is 0.101 e. The molecule has 3 heteroatoms. The fourth-order valence-electron chi connectivity index (χ4n) is 1.78. The molecule has 0 saturated heterocycles. The van der Waals surface area contributed by atoms with E-state index in [4.69, 9.17) is 22.1 Å². The van der Waals surface area contributed by atoms with Gasteiger partial charge in [-0.2, -0.15) is 10.5 Å². The Balaban J connectivity index is 2.78. The predicted molar refractivity (Wildman–Crippen MR) is 69.9 cm³/mol. The first-order valence-electron chi connectivity index (χ1n) is 5.28. The lowest BCUT2D eigenvalue weighted by molar-refractivity contribution is 1.41. The molecule has 0 aliphatic rings. The Hall–Kier alpha value is -2.29. The van der Waals surface area contributed by atoms with Crippen molar-refractivity contribution in [3.8, 4) is 23.3 Å². The summed E-state index contributed by atoms with van der Waals surface area (Å²) in [5, 5.41) is 18.6. The topological polar surface area (TPSA) is 47.6 Å². The first-order chi connectivity index (χ1) is 8.67. The second-order valence-corrected chi connectivity index (χ2v) is 4.23. The molecule has 0 amide bonds. The highest BCUT2D eigenvalue weighted by Gasteiger charge is 2.12. The molecular formula is C15H8ClN2. The van der Waals surface area contributed by atoms with Crippen molar-refractivity contribution in [1.82, 2.24) is 0 Å². The molecule has 1 radical (unpaired) electrons. The van der Waals surface area contributed by atoms with Gasteiger partial charge in [0.2, 0.25) is 0 Å². The number of hydrogen-bond donors (Lipinski definition) is 0. The standard InChI is InChI=1S/C15H8ClN2/c1-10-5-6-11(8-17)13(7-10)12-3-2-4-15(16)14(12)9-18/h2-3,5-7H,1H3. The second-order valence-electron chi connectivity index (χ2n) is 3.85. The molecule has 2 aromatic rings. The Kier molecular flexibility index (Phi) is 3.33. The molecule has 0 spiro atoms. The van der Waals surface area contributed by atoms with Crippen LogP contribution in [0.5, 0.6) is 0 Å². The van der Waals surface area contributed by atoms with Crippen molar-refractivity contribution in [1.29, 1.82) is 10.5 Å². The van der Waals surface area contributed by atoms with Gasteiger partial charge in [-0.1, -0.05) is 41.4 Å². The van der Waals surface area contributed by atoms with Gasteiger partial charge < -0.3 is 0 Å². The van der Waals surface area contributed by atoms with Gasteiger partial charge in [-0.25, -0.2) is 0 Å². The molecule has 0 aromatic heterocycles. The molecule has 2 rings (SSSR count). The summed E-state index contributed by atoms with van der Waals surface area (Å²) in [6, 6.07) is 15.9. The van der Waals surface area contributed by atoms with Crippen molar-refractivity contribution in [2.45, 2.75) is 6.92 Å². The summed E-state index contributed by atoms with van der Waals surface area (Å²) in [6.45, 7) is 1.94. The van der Waals surface area contributed by atoms with Crippen molar-refractivity contribution in [3.63, 3.8) is 0 Å². The Labute approximate surface area is 111 Å². The molecule has 2 nitrogen and oxygen atoms in total. The maximum atomic E-state index is 9.16. The second kappa shape index (κ2) is 4.92. The van der Waals surface area contributed by atoms with Crippen LogP contribution < -0.4 is 0 Å². The highest BCUT2D eigenvalue weighted by atomic mass is 35.5. The van der Waals surface area contributed by atoms with E-state index in [-0.39, 0.29) is 5.02 Å². The minimum Gasteiger partial charge on any atom is -0.192 e. The van der Waals surface area contributed by atoms with E-state index in [0.29, 0.717) is 16.7 Å². The van der Waals surface area contributed by atoms with Gasteiger partial charge in [0.1, 0.15) is 6.07 Å². The van der Waals surface area contributed by atoms with Gasteiger partial charge in [0.05, 0.1) is 22.2 Å². The van der Waals surface area contributed by atoms with Gasteiger partial charge >= 0.3 is 0 Å². The van der Waals surface area contributed by atoms with E-state index >= 15 is 0 Å². The first-order valence-corrected chi connectivity index (χ1v) is 5.66. The first kappa shape index (κ1) is 12.2. The fraction of sp³-hybridized carbons (Fsp3) is 0.0667. The lowest BCUT2D eigenvalue weighted by atomic mass is 9.95. The maximum absolute atomic E-state index is 9.16. The van der Waals surface area contributed by atoms with Crippen molar-refractivity contribution >= 4 is 11.6 Å². The van der Waals surface area contributed by atoms with Crippen LogP contribution in [0.4, 0.5) is 0 Å². The third kappa shape index (κ3) is 2.07. The number of hydrogen-bond acceptors (Lipinski definition) is 2. The van der Waals surface area contributed by atoms with Crippen molar-refractivity contribution in [3.05, 3.63) is 58.1 Å². The molecule has 0 saturated carbocycles. The van der Waals surface area contributed by atoms with E-state index in [9.17, 15) is 0 Å². The average molecular weight is 252 g/mol. The Morgan fingerprint density at radius 1 is 1.11 bits per heavy atom. The molecule has 2 aromatic carbocycles. The largest absolute Gasteiger partial charge is 0.192 e. The predicted octanol–water partition coefficient (Wildman–Crippen LogP) is 3.86. The van der Waals surface area contributed by atoms with Crippen LogP contribution in [0.15, 0.2) is 30.3 Å². The molecule has 85 valence electrons. The number of nitrogens with zero attached hydrogens (tertiary/aromatic N) is 2. The van der Waals surface area contributed by atoms with Crippen molar-refractivity contribution in [2.24, 2.45) is 0 Å². The molecule has 0 bridgehead atoms. The van der Waals surface area contributed by atoms with Gasteiger partial charge in [-0.3, -0.25) is 0 Å². The van der Waals surface area contributed by atoms with E-state index in [1.165, 1.54) is 0 Å². The highest BCUT2D eigenvalue weighted by Crippen LogP contribution is 2.31. The van der Waals surface area contributed by atoms with Crippen LogP contribution in [-0.4, -0.2) is 0 Å².